The second-order valence-electron chi connectivity index (χ2n) is 10.4. The Balaban J connectivity index is 1.55. The van der Waals surface area contributed by atoms with Crippen molar-refractivity contribution >= 4 is 23.6 Å². The minimum absolute atomic E-state index is 0.0319. The van der Waals surface area contributed by atoms with E-state index in [1.807, 2.05) is 75.4 Å². The summed E-state index contributed by atoms with van der Waals surface area (Å²) in [5, 5.41) is 3.07. The fraction of sp³-hybridized carbons (Fsp3) is 0.333. The van der Waals surface area contributed by atoms with Gasteiger partial charge >= 0.3 is 0 Å². The van der Waals surface area contributed by atoms with Gasteiger partial charge < -0.3 is 10.2 Å². The third-order valence-electron chi connectivity index (χ3n) is 7.36. The Morgan fingerprint density at radius 1 is 0.875 bits per heavy atom. The van der Waals surface area contributed by atoms with Crippen LogP contribution in [0.3, 0.4) is 0 Å². The Labute approximate surface area is 236 Å². The molecule has 4 amide bonds. The lowest BCUT2D eigenvalue weighted by atomic mass is 10.0. The molecule has 1 aliphatic heterocycles. The van der Waals surface area contributed by atoms with Crippen molar-refractivity contribution in [1.82, 2.24) is 15.1 Å². The molecule has 0 unspecified atom stereocenters. The standard InChI is InChI=1S/C33H37N3O4/c1-4-24(3)34-31(38)29(21-25-13-6-5-7-14-25)36(22-26-15-10-12-23(2)20-26)30(37)18-11-19-35-32(39)27-16-8-9-17-28(27)33(35)40/h5-10,12-17,20,24,29H,4,11,18-19,21-22H2,1-3H3,(H,34,38)/t24-,29+/m1/s1. The van der Waals surface area contributed by atoms with Crippen molar-refractivity contribution in [3.05, 3.63) is 107 Å². The molecule has 0 saturated carbocycles. The summed E-state index contributed by atoms with van der Waals surface area (Å²) < 4.78 is 0. The van der Waals surface area contributed by atoms with Crippen LogP contribution in [0, 0.1) is 6.92 Å². The highest BCUT2D eigenvalue weighted by Gasteiger charge is 2.35. The predicted octanol–water partition coefficient (Wildman–Crippen LogP) is 4.93. The molecule has 208 valence electrons. The van der Waals surface area contributed by atoms with E-state index < -0.39 is 6.04 Å². The fourth-order valence-corrected chi connectivity index (χ4v) is 4.98. The predicted molar refractivity (Wildman–Crippen MR) is 155 cm³/mol. The van der Waals surface area contributed by atoms with Gasteiger partial charge in [0.25, 0.3) is 11.8 Å². The van der Waals surface area contributed by atoms with Gasteiger partial charge in [-0.15, -0.1) is 0 Å². The number of benzene rings is 3. The molecule has 1 aliphatic rings. The van der Waals surface area contributed by atoms with Gasteiger partial charge in [-0.2, -0.15) is 0 Å². The Morgan fingerprint density at radius 3 is 2.12 bits per heavy atom. The molecule has 2 atom stereocenters. The van der Waals surface area contributed by atoms with Crippen molar-refractivity contribution in [2.75, 3.05) is 6.54 Å². The summed E-state index contributed by atoms with van der Waals surface area (Å²) in [7, 11) is 0. The fourth-order valence-electron chi connectivity index (χ4n) is 4.98. The summed E-state index contributed by atoms with van der Waals surface area (Å²) in [5.41, 5.74) is 3.75. The van der Waals surface area contributed by atoms with Crippen LogP contribution in [0.1, 0.15) is 70.5 Å². The summed E-state index contributed by atoms with van der Waals surface area (Å²) in [5.74, 6) is -1.06. The molecule has 0 aromatic heterocycles. The van der Waals surface area contributed by atoms with Gasteiger partial charge in [0.1, 0.15) is 6.04 Å². The van der Waals surface area contributed by atoms with Crippen molar-refractivity contribution in [1.29, 1.82) is 0 Å². The van der Waals surface area contributed by atoms with Gasteiger partial charge in [0.05, 0.1) is 11.1 Å². The molecule has 4 rings (SSSR count). The number of aryl methyl sites for hydroxylation is 1. The zero-order valence-corrected chi connectivity index (χ0v) is 23.4. The first-order chi connectivity index (χ1) is 19.3. The topological polar surface area (TPSA) is 86.8 Å². The van der Waals surface area contributed by atoms with E-state index in [9.17, 15) is 19.2 Å². The van der Waals surface area contributed by atoms with Crippen LogP contribution in [-0.4, -0.2) is 52.1 Å². The van der Waals surface area contributed by atoms with Gasteiger partial charge in [-0.05, 0) is 49.9 Å². The van der Waals surface area contributed by atoms with Crippen molar-refractivity contribution in [3.8, 4) is 0 Å². The highest BCUT2D eigenvalue weighted by Crippen LogP contribution is 2.23. The molecule has 0 saturated heterocycles. The third kappa shape index (κ3) is 6.84. The lowest BCUT2D eigenvalue weighted by Gasteiger charge is -2.32. The number of nitrogens with one attached hydrogen (secondary N) is 1. The van der Waals surface area contributed by atoms with Crippen LogP contribution < -0.4 is 5.32 Å². The van der Waals surface area contributed by atoms with Crippen LogP contribution in [-0.2, 0) is 22.6 Å². The zero-order chi connectivity index (χ0) is 28.6. The second-order valence-corrected chi connectivity index (χ2v) is 10.4. The number of carbonyl (C=O) groups is 4. The first kappa shape index (κ1) is 28.7. The second kappa shape index (κ2) is 13.2. The van der Waals surface area contributed by atoms with E-state index in [-0.39, 0.29) is 49.2 Å². The van der Waals surface area contributed by atoms with Crippen LogP contribution in [0.5, 0.6) is 0 Å². The molecule has 0 bridgehead atoms. The smallest absolute Gasteiger partial charge is 0.261 e. The van der Waals surface area contributed by atoms with Crippen molar-refractivity contribution in [2.24, 2.45) is 0 Å². The van der Waals surface area contributed by atoms with Crippen LogP contribution in [0.4, 0.5) is 0 Å². The summed E-state index contributed by atoms with van der Waals surface area (Å²) >= 11 is 0. The Hall–Kier alpha value is -4.26. The van der Waals surface area contributed by atoms with Gasteiger partial charge in [-0.1, -0.05) is 79.2 Å². The molecule has 0 spiro atoms. The van der Waals surface area contributed by atoms with E-state index in [0.29, 0.717) is 24.0 Å². The monoisotopic (exact) mass is 539 g/mol. The number of nitrogens with zero attached hydrogens (tertiary/aromatic N) is 2. The van der Waals surface area contributed by atoms with Crippen LogP contribution in [0.15, 0.2) is 78.9 Å². The maximum atomic E-state index is 13.8. The molecule has 0 fully saturated rings. The minimum Gasteiger partial charge on any atom is -0.352 e. The molecule has 3 aromatic rings. The quantitative estimate of drug-likeness (QED) is 0.331. The normalized spacial score (nSPS) is 14.0. The molecule has 0 aliphatic carbocycles. The van der Waals surface area contributed by atoms with E-state index in [0.717, 1.165) is 23.1 Å². The summed E-state index contributed by atoms with van der Waals surface area (Å²) in [6.45, 7) is 6.37. The van der Waals surface area contributed by atoms with E-state index >= 15 is 0 Å². The Bertz CT molecular complexity index is 1340. The molecule has 7 nitrogen and oxygen atoms in total. The zero-order valence-electron chi connectivity index (χ0n) is 23.4. The lowest BCUT2D eigenvalue weighted by Crippen LogP contribution is -2.52. The molecular formula is C33H37N3O4. The Kier molecular flexibility index (Phi) is 9.48. The highest BCUT2D eigenvalue weighted by molar-refractivity contribution is 6.21. The van der Waals surface area contributed by atoms with Gasteiger partial charge in [-0.3, -0.25) is 24.1 Å². The third-order valence-corrected chi connectivity index (χ3v) is 7.36. The number of imide groups is 1. The lowest BCUT2D eigenvalue weighted by molar-refractivity contribution is -0.141. The first-order valence-electron chi connectivity index (χ1n) is 13.9. The SMILES string of the molecule is CC[C@@H](C)NC(=O)[C@H](Cc1ccccc1)N(Cc1cccc(C)c1)C(=O)CCCN1C(=O)c2ccccc2C1=O. The first-order valence-corrected chi connectivity index (χ1v) is 13.9. The van der Waals surface area contributed by atoms with Crippen LogP contribution >= 0.6 is 0 Å². The number of carbonyl (C=O) groups excluding carboxylic acids is 4. The van der Waals surface area contributed by atoms with Crippen molar-refractivity contribution in [2.45, 2.75) is 65.1 Å². The van der Waals surface area contributed by atoms with Crippen molar-refractivity contribution in [3.63, 3.8) is 0 Å². The molecule has 1 heterocycles. The van der Waals surface area contributed by atoms with Gasteiger partial charge in [-0.25, -0.2) is 0 Å². The largest absolute Gasteiger partial charge is 0.352 e. The average Bonchev–Trinajstić information content (AvgIpc) is 3.20. The number of amides is 4. The summed E-state index contributed by atoms with van der Waals surface area (Å²) in [6.07, 6.45) is 1.55. The molecule has 1 N–H and O–H groups in total. The van der Waals surface area contributed by atoms with Gasteiger partial charge in [0.2, 0.25) is 11.8 Å². The minimum atomic E-state index is -0.719. The number of hydrogen-bond donors (Lipinski definition) is 1. The van der Waals surface area contributed by atoms with E-state index in [2.05, 4.69) is 5.32 Å². The molecular weight excluding hydrogens is 502 g/mol. The summed E-state index contributed by atoms with van der Waals surface area (Å²) in [4.78, 5) is 55.9. The number of hydrogen-bond acceptors (Lipinski definition) is 4. The van der Waals surface area contributed by atoms with Crippen molar-refractivity contribution < 1.29 is 19.2 Å². The average molecular weight is 540 g/mol. The number of fused-ring (bicyclic) bond motifs is 1. The molecule has 0 radical (unpaired) electrons. The molecule has 40 heavy (non-hydrogen) atoms. The van der Waals surface area contributed by atoms with E-state index in [1.165, 1.54) is 4.90 Å². The van der Waals surface area contributed by atoms with E-state index in [4.69, 9.17) is 0 Å². The maximum Gasteiger partial charge on any atom is 0.261 e. The molecule has 3 aromatic carbocycles. The van der Waals surface area contributed by atoms with Crippen LogP contribution in [0.25, 0.3) is 0 Å². The van der Waals surface area contributed by atoms with Gasteiger partial charge in [0.15, 0.2) is 0 Å². The van der Waals surface area contributed by atoms with Gasteiger partial charge in [0, 0.05) is 32.0 Å². The highest BCUT2D eigenvalue weighted by atomic mass is 16.2. The maximum absolute atomic E-state index is 13.8. The molecule has 7 heteroatoms. The Morgan fingerprint density at radius 2 is 1.50 bits per heavy atom. The van der Waals surface area contributed by atoms with Crippen LogP contribution in [0.2, 0.25) is 0 Å². The summed E-state index contributed by atoms with van der Waals surface area (Å²) in [6, 6.07) is 23.6. The number of rotatable bonds is 12. The van der Waals surface area contributed by atoms with E-state index in [1.54, 1.807) is 29.2 Å².